The molecule has 2 N–H and O–H groups in total. The van der Waals surface area contributed by atoms with Gasteiger partial charge in [0.2, 0.25) is 0 Å². The van der Waals surface area contributed by atoms with Crippen molar-refractivity contribution in [1.82, 2.24) is 15.3 Å². The Kier molecular flexibility index (Phi) is 4.56. The van der Waals surface area contributed by atoms with Gasteiger partial charge in [-0.2, -0.15) is 0 Å². The van der Waals surface area contributed by atoms with Gasteiger partial charge in [0.1, 0.15) is 11.7 Å². The van der Waals surface area contributed by atoms with E-state index in [9.17, 15) is 9.59 Å². The number of para-hydroxylation sites is 1. The van der Waals surface area contributed by atoms with Gasteiger partial charge in [-0.3, -0.25) is 9.78 Å². The third-order valence-electron chi connectivity index (χ3n) is 3.79. The molecule has 0 aliphatic carbocycles. The summed E-state index contributed by atoms with van der Waals surface area (Å²) >= 11 is 0. The number of nitrogens with zero attached hydrogens (tertiary/aromatic N) is 1. The van der Waals surface area contributed by atoms with E-state index in [1.165, 1.54) is 13.3 Å². The second kappa shape index (κ2) is 6.95. The molecule has 0 aliphatic rings. The molecule has 3 rings (SSSR count). The number of carbonyl (C=O) groups excluding carboxylic acids is 2. The molecule has 0 bridgehead atoms. The largest absolute Gasteiger partial charge is 0.467 e. The minimum Gasteiger partial charge on any atom is -0.467 e. The third kappa shape index (κ3) is 3.27. The van der Waals surface area contributed by atoms with Crippen LogP contribution in [0, 0.1) is 0 Å². The Hall–Kier alpha value is -3.15. The van der Waals surface area contributed by atoms with Gasteiger partial charge in [0.05, 0.1) is 7.11 Å². The van der Waals surface area contributed by atoms with Crippen LogP contribution < -0.4 is 5.32 Å². The van der Waals surface area contributed by atoms with Crippen LogP contribution in [0.1, 0.15) is 16.1 Å². The van der Waals surface area contributed by atoms with Crippen molar-refractivity contribution >= 4 is 22.8 Å². The van der Waals surface area contributed by atoms with E-state index in [1.807, 2.05) is 30.5 Å². The molecule has 0 saturated heterocycles. The topological polar surface area (TPSA) is 84.1 Å². The average Bonchev–Trinajstić information content (AvgIpc) is 3.04. The molecular weight excluding hydrogens is 306 g/mol. The van der Waals surface area contributed by atoms with Crippen molar-refractivity contribution in [1.29, 1.82) is 0 Å². The van der Waals surface area contributed by atoms with Crippen LogP contribution in [-0.4, -0.2) is 35.0 Å². The van der Waals surface area contributed by atoms with Crippen molar-refractivity contribution < 1.29 is 14.3 Å². The number of pyridine rings is 1. The van der Waals surface area contributed by atoms with Gasteiger partial charge < -0.3 is 15.0 Å². The molecule has 2 heterocycles. The minimum absolute atomic E-state index is 0.255. The molecule has 1 atom stereocenters. The Labute approximate surface area is 138 Å². The maximum Gasteiger partial charge on any atom is 0.328 e. The van der Waals surface area contributed by atoms with E-state index < -0.39 is 17.9 Å². The molecule has 0 aliphatic heterocycles. The molecule has 122 valence electrons. The number of hydrogen-bond donors (Lipinski definition) is 2. The second-order valence-electron chi connectivity index (χ2n) is 5.33. The van der Waals surface area contributed by atoms with E-state index in [2.05, 4.69) is 15.3 Å². The highest BCUT2D eigenvalue weighted by atomic mass is 16.5. The maximum atomic E-state index is 12.3. The molecule has 1 amide bonds. The van der Waals surface area contributed by atoms with Crippen LogP contribution in [0.4, 0.5) is 0 Å². The number of nitrogens with one attached hydrogen (secondary N) is 2. The lowest BCUT2D eigenvalue weighted by molar-refractivity contribution is -0.142. The van der Waals surface area contributed by atoms with E-state index in [-0.39, 0.29) is 5.69 Å². The summed E-state index contributed by atoms with van der Waals surface area (Å²) in [4.78, 5) is 31.5. The number of aromatic amines is 1. The number of aromatic nitrogens is 2. The standard InChI is InChI=1S/C18H17N3O3/c1-24-18(23)16(21-17(22)15-8-4-5-9-19-15)10-12-11-20-14-7-3-2-6-13(12)14/h2-9,11,16,20H,10H2,1H3,(H,21,22)/t16-/m0/s1. The average molecular weight is 323 g/mol. The smallest absolute Gasteiger partial charge is 0.328 e. The van der Waals surface area contributed by atoms with Crippen LogP contribution in [0.3, 0.4) is 0 Å². The first kappa shape index (κ1) is 15.7. The number of benzene rings is 1. The lowest BCUT2D eigenvalue weighted by Crippen LogP contribution is -2.43. The molecule has 3 aromatic rings. The molecule has 0 spiro atoms. The highest BCUT2D eigenvalue weighted by molar-refractivity contribution is 5.95. The van der Waals surface area contributed by atoms with Crippen LogP contribution in [0.5, 0.6) is 0 Å². The minimum atomic E-state index is -0.788. The van der Waals surface area contributed by atoms with Gasteiger partial charge in [-0.05, 0) is 23.8 Å². The lowest BCUT2D eigenvalue weighted by atomic mass is 10.0. The fourth-order valence-electron chi connectivity index (χ4n) is 2.59. The zero-order valence-corrected chi connectivity index (χ0v) is 13.2. The number of H-pyrrole nitrogens is 1. The number of ether oxygens (including phenoxy) is 1. The number of esters is 1. The Morgan fingerprint density at radius 2 is 2.00 bits per heavy atom. The van der Waals surface area contributed by atoms with E-state index in [1.54, 1.807) is 18.2 Å². The first-order valence-electron chi connectivity index (χ1n) is 7.53. The Bertz CT molecular complexity index is 858. The summed E-state index contributed by atoms with van der Waals surface area (Å²) in [6.45, 7) is 0. The van der Waals surface area contributed by atoms with Gasteiger partial charge in [0.25, 0.3) is 5.91 Å². The maximum absolute atomic E-state index is 12.3. The van der Waals surface area contributed by atoms with Crippen molar-refractivity contribution in [3.05, 3.63) is 66.1 Å². The number of fused-ring (bicyclic) bond motifs is 1. The van der Waals surface area contributed by atoms with E-state index in [0.717, 1.165) is 16.5 Å². The molecule has 0 unspecified atom stereocenters. The second-order valence-corrected chi connectivity index (χ2v) is 5.33. The van der Waals surface area contributed by atoms with E-state index >= 15 is 0 Å². The lowest BCUT2D eigenvalue weighted by Gasteiger charge is -2.16. The van der Waals surface area contributed by atoms with Crippen molar-refractivity contribution in [2.24, 2.45) is 0 Å². The highest BCUT2D eigenvalue weighted by Gasteiger charge is 2.24. The first-order chi connectivity index (χ1) is 11.7. The molecule has 6 heteroatoms. The third-order valence-corrected chi connectivity index (χ3v) is 3.79. The predicted octanol–water partition coefficient (Wildman–Crippen LogP) is 2.08. The SMILES string of the molecule is COC(=O)[C@H](Cc1c[nH]c2ccccc12)NC(=O)c1ccccn1. The molecule has 0 radical (unpaired) electrons. The zero-order chi connectivity index (χ0) is 16.9. The predicted molar refractivity (Wildman–Crippen MR) is 89.5 cm³/mol. The van der Waals surface area contributed by atoms with Crippen LogP contribution in [-0.2, 0) is 16.0 Å². The van der Waals surface area contributed by atoms with Crippen molar-refractivity contribution in [2.45, 2.75) is 12.5 Å². The van der Waals surface area contributed by atoms with E-state index in [0.29, 0.717) is 6.42 Å². The first-order valence-corrected chi connectivity index (χ1v) is 7.53. The van der Waals surface area contributed by atoms with Crippen LogP contribution in [0.25, 0.3) is 10.9 Å². The van der Waals surface area contributed by atoms with Gasteiger partial charge in [0, 0.05) is 29.7 Å². The van der Waals surface area contributed by atoms with Crippen LogP contribution >= 0.6 is 0 Å². The van der Waals surface area contributed by atoms with E-state index in [4.69, 9.17) is 4.74 Å². The summed E-state index contributed by atoms with van der Waals surface area (Å²) in [5.41, 5.74) is 2.17. The molecule has 1 aromatic carbocycles. The summed E-state index contributed by atoms with van der Waals surface area (Å²) in [5, 5.41) is 3.71. The highest BCUT2D eigenvalue weighted by Crippen LogP contribution is 2.19. The Balaban J connectivity index is 1.82. The number of amides is 1. The Morgan fingerprint density at radius 1 is 1.21 bits per heavy atom. The van der Waals surface area contributed by atoms with Gasteiger partial charge in [-0.1, -0.05) is 24.3 Å². The summed E-state index contributed by atoms with van der Waals surface area (Å²) in [5.74, 6) is -0.907. The normalized spacial score (nSPS) is 11.9. The summed E-state index contributed by atoms with van der Waals surface area (Å²) in [6, 6.07) is 12.0. The van der Waals surface area contributed by atoms with Crippen LogP contribution in [0.2, 0.25) is 0 Å². The summed E-state index contributed by atoms with van der Waals surface area (Å²) < 4.78 is 4.83. The van der Waals surface area contributed by atoms with Gasteiger partial charge >= 0.3 is 5.97 Å². The number of hydrogen-bond acceptors (Lipinski definition) is 4. The molecule has 24 heavy (non-hydrogen) atoms. The molecule has 0 fully saturated rings. The number of methoxy groups -OCH3 is 1. The van der Waals surface area contributed by atoms with Crippen molar-refractivity contribution in [3.63, 3.8) is 0 Å². The van der Waals surface area contributed by atoms with Gasteiger partial charge in [-0.25, -0.2) is 4.79 Å². The summed E-state index contributed by atoms with van der Waals surface area (Å²) in [7, 11) is 1.30. The van der Waals surface area contributed by atoms with Crippen LogP contribution in [0.15, 0.2) is 54.9 Å². The Morgan fingerprint density at radius 3 is 2.75 bits per heavy atom. The number of carbonyl (C=O) groups is 2. The van der Waals surface area contributed by atoms with Gasteiger partial charge in [-0.15, -0.1) is 0 Å². The fraction of sp³-hybridized carbons (Fsp3) is 0.167. The molecule has 2 aromatic heterocycles. The van der Waals surface area contributed by atoms with Gasteiger partial charge in [0.15, 0.2) is 0 Å². The quantitative estimate of drug-likeness (QED) is 0.704. The monoisotopic (exact) mass is 323 g/mol. The molecule has 6 nitrogen and oxygen atoms in total. The number of rotatable bonds is 5. The van der Waals surface area contributed by atoms with Crippen molar-refractivity contribution in [3.8, 4) is 0 Å². The zero-order valence-electron chi connectivity index (χ0n) is 13.2. The van der Waals surface area contributed by atoms with Crippen molar-refractivity contribution in [2.75, 3.05) is 7.11 Å². The summed E-state index contributed by atoms with van der Waals surface area (Å²) in [6.07, 6.45) is 3.70. The molecular formula is C18H17N3O3. The molecule has 0 saturated carbocycles. The fourth-order valence-corrected chi connectivity index (χ4v) is 2.59.